The Hall–Kier alpha value is -3.32. The van der Waals surface area contributed by atoms with E-state index in [1.54, 1.807) is 12.1 Å². The van der Waals surface area contributed by atoms with E-state index in [4.69, 9.17) is 24.2 Å². The molecule has 0 unspecified atom stereocenters. The SMILES string of the molecule is O=C(/C=C(\ONCCO)c1cc2c(o1)C(=O)c1ccccc1C2=O)OCCS(=O)(=O)CCO. The minimum absolute atomic E-state index is 0.00572. The van der Waals surface area contributed by atoms with Gasteiger partial charge in [0, 0.05) is 11.1 Å². The van der Waals surface area contributed by atoms with Gasteiger partial charge in [-0.1, -0.05) is 24.3 Å². The minimum atomic E-state index is -3.58. The number of aliphatic hydroxyl groups excluding tert-OH is 2. The zero-order valence-corrected chi connectivity index (χ0v) is 18.1. The third kappa shape index (κ3) is 5.73. The first kappa shape index (κ1) is 24.3. The van der Waals surface area contributed by atoms with E-state index < -0.39 is 52.1 Å². The smallest absolute Gasteiger partial charge is 0.334 e. The number of nitrogens with one attached hydrogen (secondary N) is 1. The summed E-state index contributed by atoms with van der Waals surface area (Å²) < 4.78 is 33.6. The Balaban J connectivity index is 1.83. The number of ether oxygens (including phenoxy) is 1. The van der Waals surface area contributed by atoms with E-state index in [1.165, 1.54) is 18.2 Å². The van der Waals surface area contributed by atoms with Gasteiger partial charge in [0.15, 0.2) is 32.9 Å². The molecule has 3 rings (SSSR count). The topological polar surface area (TPSA) is 169 Å². The van der Waals surface area contributed by atoms with Gasteiger partial charge in [-0.15, -0.1) is 0 Å². The Bertz CT molecular complexity index is 1140. The van der Waals surface area contributed by atoms with E-state index in [1.807, 2.05) is 0 Å². The molecule has 2 aromatic rings. The summed E-state index contributed by atoms with van der Waals surface area (Å²) >= 11 is 0. The number of carbonyl (C=O) groups is 3. The molecule has 33 heavy (non-hydrogen) atoms. The number of furan rings is 1. The summed E-state index contributed by atoms with van der Waals surface area (Å²) in [4.78, 5) is 42.9. The number of benzene rings is 1. The Labute approximate surface area is 188 Å². The minimum Gasteiger partial charge on any atom is -0.461 e. The molecule has 12 heteroatoms. The highest BCUT2D eigenvalue weighted by Gasteiger charge is 2.34. The zero-order chi connectivity index (χ0) is 24.0. The van der Waals surface area contributed by atoms with Gasteiger partial charge in [0.25, 0.3) is 0 Å². The van der Waals surface area contributed by atoms with Crippen LogP contribution in [0, 0.1) is 0 Å². The van der Waals surface area contributed by atoms with E-state index in [2.05, 4.69) is 5.48 Å². The largest absolute Gasteiger partial charge is 0.461 e. The van der Waals surface area contributed by atoms with E-state index >= 15 is 0 Å². The van der Waals surface area contributed by atoms with Gasteiger partial charge in [-0.3, -0.25) is 9.59 Å². The highest BCUT2D eigenvalue weighted by Crippen LogP contribution is 2.32. The summed E-state index contributed by atoms with van der Waals surface area (Å²) in [6.07, 6.45) is 0.843. The third-order valence-electron chi connectivity index (χ3n) is 4.53. The fourth-order valence-electron chi connectivity index (χ4n) is 2.98. The number of carbonyl (C=O) groups excluding carboxylic acids is 3. The van der Waals surface area contributed by atoms with Crippen LogP contribution in [0.2, 0.25) is 0 Å². The van der Waals surface area contributed by atoms with Crippen molar-refractivity contribution in [2.24, 2.45) is 0 Å². The summed E-state index contributed by atoms with van der Waals surface area (Å²) in [6.45, 7) is -1.32. The van der Waals surface area contributed by atoms with Crippen LogP contribution in [0.1, 0.15) is 37.8 Å². The van der Waals surface area contributed by atoms with Crippen molar-refractivity contribution in [2.75, 3.05) is 37.9 Å². The second-order valence-electron chi connectivity index (χ2n) is 6.83. The fourth-order valence-corrected chi connectivity index (χ4v) is 3.80. The normalized spacial score (nSPS) is 13.5. The van der Waals surface area contributed by atoms with Crippen molar-refractivity contribution in [3.8, 4) is 0 Å². The average Bonchev–Trinajstić information content (AvgIpc) is 3.23. The summed E-state index contributed by atoms with van der Waals surface area (Å²) in [5.74, 6) is -3.47. The molecule has 0 radical (unpaired) electrons. The first-order chi connectivity index (χ1) is 15.8. The van der Waals surface area contributed by atoms with Crippen LogP contribution < -0.4 is 5.48 Å². The Kier molecular flexibility index (Phi) is 7.76. The molecule has 1 aliphatic rings. The van der Waals surface area contributed by atoms with Crippen LogP contribution in [0.5, 0.6) is 0 Å². The van der Waals surface area contributed by atoms with E-state index in [0.717, 1.165) is 6.08 Å². The molecular weight excluding hydrogens is 458 g/mol. The molecular formula is C21H21NO10S. The van der Waals surface area contributed by atoms with Gasteiger partial charge in [0.05, 0.1) is 42.9 Å². The molecule has 1 aromatic heterocycles. The lowest BCUT2D eigenvalue weighted by atomic mass is 9.88. The predicted molar refractivity (Wildman–Crippen MR) is 113 cm³/mol. The van der Waals surface area contributed by atoms with Gasteiger partial charge >= 0.3 is 5.97 Å². The lowest BCUT2D eigenvalue weighted by Gasteiger charge is -2.11. The number of ketones is 2. The van der Waals surface area contributed by atoms with Crippen LogP contribution in [0.4, 0.5) is 0 Å². The Morgan fingerprint density at radius 3 is 2.39 bits per heavy atom. The van der Waals surface area contributed by atoms with Crippen molar-refractivity contribution in [1.82, 2.24) is 5.48 Å². The van der Waals surface area contributed by atoms with Crippen molar-refractivity contribution in [2.45, 2.75) is 0 Å². The maximum Gasteiger partial charge on any atom is 0.334 e. The molecule has 1 heterocycles. The molecule has 1 aliphatic carbocycles. The van der Waals surface area contributed by atoms with Crippen LogP contribution in [0.25, 0.3) is 5.76 Å². The molecule has 0 spiro atoms. The van der Waals surface area contributed by atoms with Crippen molar-refractivity contribution in [1.29, 1.82) is 0 Å². The first-order valence-electron chi connectivity index (χ1n) is 9.80. The molecule has 11 nitrogen and oxygen atoms in total. The molecule has 176 valence electrons. The predicted octanol–water partition coefficient (Wildman–Crippen LogP) is -0.140. The van der Waals surface area contributed by atoms with Crippen molar-refractivity contribution >= 4 is 33.1 Å². The Morgan fingerprint density at radius 2 is 1.73 bits per heavy atom. The highest BCUT2D eigenvalue weighted by molar-refractivity contribution is 7.91. The third-order valence-corrected chi connectivity index (χ3v) is 6.12. The lowest BCUT2D eigenvalue weighted by molar-refractivity contribution is -0.137. The number of fused-ring (bicyclic) bond motifs is 2. The molecule has 0 fully saturated rings. The van der Waals surface area contributed by atoms with Gasteiger partial charge < -0.3 is 24.2 Å². The summed E-state index contributed by atoms with van der Waals surface area (Å²) in [7, 11) is -3.58. The molecule has 0 atom stereocenters. The summed E-state index contributed by atoms with van der Waals surface area (Å²) in [5.41, 5.74) is 2.77. The molecule has 0 amide bonds. The monoisotopic (exact) mass is 479 g/mol. The van der Waals surface area contributed by atoms with Gasteiger partial charge in [0.1, 0.15) is 6.61 Å². The number of hydrogen-bond donors (Lipinski definition) is 3. The lowest BCUT2D eigenvalue weighted by Crippen LogP contribution is -2.20. The van der Waals surface area contributed by atoms with Crippen LogP contribution >= 0.6 is 0 Å². The number of hydrogen-bond acceptors (Lipinski definition) is 11. The van der Waals surface area contributed by atoms with Crippen LogP contribution in [-0.4, -0.2) is 74.0 Å². The summed E-state index contributed by atoms with van der Waals surface area (Å²) in [6, 6.07) is 7.50. The van der Waals surface area contributed by atoms with E-state index in [9.17, 15) is 22.8 Å². The van der Waals surface area contributed by atoms with Crippen molar-refractivity contribution in [3.05, 3.63) is 64.6 Å². The van der Waals surface area contributed by atoms with Gasteiger partial charge in [0.2, 0.25) is 5.78 Å². The fraction of sp³-hybridized carbons (Fsp3) is 0.286. The number of aliphatic hydroxyl groups is 2. The van der Waals surface area contributed by atoms with E-state index in [0.29, 0.717) is 0 Å². The van der Waals surface area contributed by atoms with Crippen molar-refractivity contribution in [3.63, 3.8) is 0 Å². The van der Waals surface area contributed by atoms with Gasteiger partial charge in [-0.2, -0.15) is 5.48 Å². The number of sulfone groups is 1. The molecule has 1 aromatic carbocycles. The van der Waals surface area contributed by atoms with Gasteiger partial charge in [-0.25, -0.2) is 13.2 Å². The number of esters is 1. The second kappa shape index (κ2) is 10.5. The molecule has 0 saturated carbocycles. The van der Waals surface area contributed by atoms with Crippen LogP contribution in [-0.2, 0) is 24.2 Å². The standard InChI is InChI=1S/C21H21NO10S/c23-6-5-22-32-17(12-18(25)30-8-10-33(28,29)9-7-24)16-11-15-19(26)13-3-1-2-4-14(13)20(27)21(15)31-16/h1-4,11-12,22-24H,5-10H2/b17-12-. The molecule has 0 aliphatic heterocycles. The van der Waals surface area contributed by atoms with Crippen molar-refractivity contribution < 1.29 is 47.0 Å². The van der Waals surface area contributed by atoms with Gasteiger partial charge in [-0.05, 0) is 6.07 Å². The Morgan fingerprint density at radius 1 is 1.03 bits per heavy atom. The highest BCUT2D eigenvalue weighted by atomic mass is 32.2. The van der Waals surface area contributed by atoms with Crippen LogP contribution in [0.15, 0.2) is 40.8 Å². The van der Waals surface area contributed by atoms with E-state index in [-0.39, 0.29) is 47.1 Å². The number of rotatable bonds is 11. The second-order valence-corrected chi connectivity index (χ2v) is 9.13. The maximum absolute atomic E-state index is 12.8. The molecule has 0 bridgehead atoms. The average molecular weight is 479 g/mol. The molecule has 0 saturated heterocycles. The van der Waals surface area contributed by atoms with Crippen LogP contribution in [0.3, 0.4) is 0 Å². The summed E-state index contributed by atoms with van der Waals surface area (Å²) in [5, 5.41) is 17.7. The maximum atomic E-state index is 12.8. The first-order valence-corrected chi connectivity index (χ1v) is 11.6. The zero-order valence-electron chi connectivity index (χ0n) is 17.3. The molecule has 3 N–H and O–H groups in total. The number of hydroxylamine groups is 1. The quantitative estimate of drug-likeness (QED) is 0.110.